The maximum atomic E-state index is 12.0. The van der Waals surface area contributed by atoms with E-state index in [2.05, 4.69) is 20.4 Å². The van der Waals surface area contributed by atoms with Crippen molar-refractivity contribution in [1.29, 1.82) is 0 Å². The Labute approximate surface area is 157 Å². The predicted octanol–water partition coefficient (Wildman–Crippen LogP) is 3.57. The molecular weight excluding hydrogens is 344 g/mol. The topological polar surface area (TPSA) is 98.8 Å². The van der Waals surface area contributed by atoms with Crippen molar-refractivity contribution in [3.8, 4) is 5.82 Å². The smallest absolute Gasteiger partial charge is 0.355 e. The number of nitro groups is 1. The van der Waals surface area contributed by atoms with E-state index >= 15 is 0 Å². The number of anilines is 1. The van der Waals surface area contributed by atoms with Gasteiger partial charge in [0.2, 0.25) is 11.6 Å². The third kappa shape index (κ3) is 2.69. The zero-order valence-corrected chi connectivity index (χ0v) is 15.7. The van der Waals surface area contributed by atoms with Crippen LogP contribution in [-0.4, -0.2) is 30.2 Å². The van der Waals surface area contributed by atoms with Gasteiger partial charge in [0.1, 0.15) is 6.33 Å². The van der Waals surface area contributed by atoms with Crippen molar-refractivity contribution in [1.82, 2.24) is 19.7 Å². The third-order valence-corrected chi connectivity index (χ3v) is 6.62. The SMILES string of the molecule is Cc1cc(C)n(-c2ncnc(NC34CC5CC(CC(C5)C3)C4)c2[N+](=O)[O-])n1. The summed E-state index contributed by atoms with van der Waals surface area (Å²) < 4.78 is 1.54. The van der Waals surface area contributed by atoms with Crippen LogP contribution in [0, 0.1) is 41.7 Å². The average molecular weight is 368 g/mol. The van der Waals surface area contributed by atoms with Gasteiger partial charge in [-0.1, -0.05) is 0 Å². The molecule has 8 nitrogen and oxygen atoms in total. The van der Waals surface area contributed by atoms with Gasteiger partial charge >= 0.3 is 5.69 Å². The molecule has 4 aliphatic rings. The van der Waals surface area contributed by atoms with E-state index in [0.29, 0.717) is 5.82 Å². The van der Waals surface area contributed by atoms with Crippen molar-refractivity contribution in [2.45, 2.75) is 57.9 Å². The van der Waals surface area contributed by atoms with E-state index in [0.717, 1.165) is 48.4 Å². The molecule has 0 aliphatic heterocycles. The van der Waals surface area contributed by atoms with Gasteiger partial charge in [-0.2, -0.15) is 5.10 Å². The first-order chi connectivity index (χ1) is 12.9. The van der Waals surface area contributed by atoms with E-state index in [9.17, 15) is 10.1 Å². The van der Waals surface area contributed by atoms with E-state index in [4.69, 9.17) is 0 Å². The largest absolute Gasteiger partial charge is 0.359 e. The van der Waals surface area contributed by atoms with Crippen molar-refractivity contribution in [2.24, 2.45) is 17.8 Å². The molecule has 4 aliphatic carbocycles. The predicted molar refractivity (Wildman–Crippen MR) is 99.8 cm³/mol. The third-order valence-electron chi connectivity index (χ3n) is 6.62. The molecule has 6 rings (SSSR count). The highest BCUT2D eigenvalue weighted by atomic mass is 16.6. The molecule has 0 aromatic carbocycles. The number of hydrogen-bond acceptors (Lipinski definition) is 6. The fourth-order valence-electron chi connectivity index (χ4n) is 6.14. The molecule has 2 heterocycles. The highest BCUT2D eigenvalue weighted by Gasteiger charge is 2.51. The van der Waals surface area contributed by atoms with Crippen LogP contribution in [-0.2, 0) is 0 Å². The summed E-state index contributed by atoms with van der Waals surface area (Å²) in [4.78, 5) is 20.1. The fraction of sp³-hybridized carbons (Fsp3) is 0.632. The summed E-state index contributed by atoms with van der Waals surface area (Å²) in [6.07, 6.45) is 8.65. The minimum Gasteiger partial charge on any atom is -0.359 e. The lowest BCUT2D eigenvalue weighted by atomic mass is 9.53. The summed E-state index contributed by atoms with van der Waals surface area (Å²) in [5.41, 5.74) is 1.48. The van der Waals surface area contributed by atoms with Crippen LogP contribution in [0.1, 0.15) is 49.9 Å². The van der Waals surface area contributed by atoms with Gasteiger partial charge in [-0.15, -0.1) is 0 Å². The Morgan fingerprint density at radius 3 is 2.30 bits per heavy atom. The van der Waals surface area contributed by atoms with Crippen LogP contribution in [0.3, 0.4) is 0 Å². The molecule has 4 fully saturated rings. The minimum atomic E-state index is -0.380. The van der Waals surface area contributed by atoms with Crippen LogP contribution in [0.25, 0.3) is 5.82 Å². The van der Waals surface area contributed by atoms with Crippen LogP contribution in [0.15, 0.2) is 12.4 Å². The average Bonchev–Trinajstić information content (AvgIpc) is 2.91. The number of aryl methyl sites for hydroxylation is 2. The highest BCUT2D eigenvalue weighted by Crippen LogP contribution is 2.56. The maximum absolute atomic E-state index is 12.0. The molecular formula is C19H24N6O2. The summed E-state index contributed by atoms with van der Waals surface area (Å²) in [6, 6.07) is 1.89. The molecule has 142 valence electrons. The number of nitrogens with one attached hydrogen (secondary N) is 1. The Hall–Kier alpha value is -2.51. The number of hydrogen-bond donors (Lipinski definition) is 1. The first-order valence-corrected chi connectivity index (χ1v) is 9.74. The molecule has 8 heteroatoms. The zero-order valence-electron chi connectivity index (χ0n) is 15.7. The van der Waals surface area contributed by atoms with E-state index in [1.807, 2.05) is 19.9 Å². The van der Waals surface area contributed by atoms with Gasteiger partial charge in [0, 0.05) is 11.2 Å². The lowest BCUT2D eigenvalue weighted by Gasteiger charge is -2.57. The second-order valence-electron chi connectivity index (χ2n) is 8.81. The first-order valence-electron chi connectivity index (χ1n) is 9.74. The summed E-state index contributed by atoms with van der Waals surface area (Å²) in [6.45, 7) is 3.74. The van der Waals surface area contributed by atoms with Gasteiger partial charge in [-0.3, -0.25) is 10.1 Å². The van der Waals surface area contributed by atoms with Crippen LogP contribution in [0.5, 0.6) is 0 Å². The van der Waals surface area contributed by atoms with E-state index in [1.165, 1.54) is 25.6 Å². The summed E-state index contributed by atoms with van der Waals surface area (Å²) in [5.74, 6) is 2.81. The van der Waals surface area contributed by atoms with E-state index < -0.39 is 0 Å². The lowest BCUT2D eigenvalue weighted by Crippen LogP contribution is -2.55. The molecule has 2 aromatic heterocycles. The summed E-state index contributed by atoms with van der Waals surface area (Å²) in [5, 5.41) is 19.9. The van der Waals surface area contributed by atoms with Crippen LogP contribution in [0.4, 0.5) is 11.5 Å². The van der Waals surface area contributed by atoms with Gasteiger partial charge in [-0.25, -0.2) is 14.6 Å². The molecule has 0 radical (unpaired) electrons. The van der Waals surface area contributed by atoms with Gasteiger partial charge < -0.3 is 5.32 Å². The molecule has 27 heavy (non-hydrogen) atoms. The molecule has 0 atom stereocenters. The van der Waals surface area contributed by atoms with Gasteiger partial charge in [-0.05, 0) is 76.2 Å². The quantitative estimate of drug-likeness (QED) is 0.654. The standard InChI is InChI=1S/C19H24N6O2/c1-11-3-12(2)24(23-11)18-16(25(26)27)17(20-10-21-18)22-19-7-13-4-14(8-19)6-15(5-13)9-19/h3,10,13-15H,4-9H2,1-2H3,(H,20,21,22). The Bertz CT molecular complexity index is 886. The molecule has 4 bridgehead atoms. The second-order valence-corrected chi connectivity index (χ2v) is 8.81. The molecule has 4 saturated carbocycles. The Balaban J connectivity index is 1.56. The monoisotopic (exact) mass is 368 g/mol. The van der Waals surface area contributed by atoms with Crippen molar-refractivity contribution in [2.75, 3.05) is 5.32 Å². The van der Waals surface area contributed by atoms with Crippen molar-refractivity contribution < 1.29 is 4.92 Å². The van der Waals surface area contributed by atoms with E-state index in [-0.39, 0.29) is 22.0 Å². The zero-order chi connectivity index (χ0) is 18.8. The van der Waals surface area contributed by atoms with Gasteiger partial charge in [0.05, 0.1) is 10.6 Å². The second kappa shape index (κ2) is 5.74. The fourth-order valence-corrected chi connectivity index (χ4v) is 6.14. The summed E-state index contributed by atoms with van der Waals surface area (Å²) in [7, 11) is 0. The van der Waals surface area contributed by atoms with Crippen molar-refractivity contribution >= 4 is 11.5 Å². The lowest BCUT2D eigenvalue weighted by molar-refractivity contribution is -0.384. The number of nitrogens with zero attached hydrogens (tertiary/aromatic N) is 5. The normalized spacial score (nSPS) is 31.3. The molecule has 0 unspecified atom stereocenters. The Morgan fingerprint density at radius 2 is 1.78 bits per heavy atom. The summed E-state index contributed by atoms with van der Waals surface area (Å²) >= 11 is 0. The molecule has 1 N–H and O–H groups in total. The Morgan fingerprint density at radius 1 is 1.15 bits per heavy atom. The van der Waals surface area contributed by atoms with Crippen LogP contribution in [0.2, 0.25) is 0 Å². The van der Waals surface area contributed by atoms with Gasteiger partial charge in [0.15, 0.2) is 0 Å². The number of rotatable bonds is 4. The maximum Gasteiger partial charge on any atom is 0.355 e. The highest BCUT2D eigenvalue weighted by molar-refractivity contribution is 5.65. The van der Waals surface area contributed by atoms with Gasteiger partial charge in [0.25, 0.3) is 0 Å². The Kier molecular flexibility index (Phi) is 3.54. The van der Waals surface area contributed by atoms with Crippen molar-refractivity contribution in [3.05, 3.63) is 33.9 Å². The molecule has 0 saturated heterocycles. The molecule has 0 amide bonds. The van der Waals surface area contributed by atoms with Crippen LogP contribution < -0.4 is 5.32 Å². The molecule has 2 aromatic rings. The molecule has 0 spiro atoms. The first kappa shape index (κ1) is 16.6. The van der Waals surface area contributed by atoms with Crippen molar-refractivity contribution in [3.63, 3.8) is 0 Å². The van der Waals surface area contributed by atoms with E-state index in [1.54, 1.807) is 4.68 Å². The van der Waals surface area contributed by atoms with Crippen LogP contribution >= 0.6 is 0 Å². The minimum absolute atomic E-state index is 0.0553. The number of aromatic nitrogens is 4.